The molecule has 0 bridgehead atoms. The third kappa shape index (κ3) is 2.59. The predicted octanol–water partition coefficient (Wildman–Crippen LogP) is 2.44. The van der Waals surface area contributed by atoms with E-state index < -0.39 is 0 Å². The number of imidazole rings is 1. The van der Waals surface area contributed by atoms with Gasteiger partial charge in [-0.15, -0.1) is 0 Å². The Bertz CT molecular complexity index is 398. The second-order valence-electron chi connectivity index (χ2n) is 5.54. The van der Waals surface area contributed by atoms with Crippen LogP contribution in [0.1, 0.15) is 43.2 Å². The van der Waals surface area contributed by atoms with E-state index in [1.54, 1.807) is 0 Å². The lowest BCUT2D eigenvalue weighted by molar-refractivity contribution is 0.206. The fraction of sp³-hybridized carbons (Fsp3) is 0.786. The second kappa shape index (κ2) is 5.66. The van der Waals surface area contributed by atoms with E-state index in [4.69, 9.17) is 4.98 Å². The predicted molar refractivity (Wildman–Crippen MR) is 75.0 cm³/mol. The zero-order valence-electron chi connectivity index (χ0n) is 10.8. The minimum atomic E-state index is 0.253. The first kappa shape index (κ1) is 12.5. The summed E-state index contributed by atoms with van der Waals surface area (Å²) in [5, 5.41) is 9.42. The van der Waals surface area contributed by atoms with Crippen molar-refractivity contribution in [1.82, 2.24) is 9.55 Å². The van der Waals surface area contributed by atoms with Crippen LogP contribution in [0.3, 0.4) is 0 Å². The van der Waals surface area contributed by atoms with E-state index in [-0.39, 0.29) is 12.6 Å². The van der Waals surface area contributed by atoms with Crippen molar-refractivity contribution in [3.05, 3.63) is 17.7 Å². The zero-order valence-corrected chi connectivity index (χ0v) is 11.7. The first-order valence-electron chi connectivity index (χ1n) is 7.12. The Morgan fingerprint density at radius 1 is 1.33 bits per heavy atom. The molecule has 0 saturated carbocycles. The summed E-state index contributed by atoms with van der Waals surface area (Å²) >= 11 is 2.08. The molecule has 1 saturated heterocycles. The van der Waals surface area contributed by atoms with Crippen molar-refractivity contribution in [1.29, 1.82) is 0 Å². The molecule has 18 heavy (non-hydrogen) atoms. The lowest BCUT2D eigenvalue weighted by atomic mass is 9.97. The number of hydrogen-bond acceptors (Lipinski definition) is 3. The molecule has 100 valence electrons. The highest BCUT2D eigenvalue weighted by Gasteiger charge is 2.22. The molecule has 0 aromatic carbocycles. The van der Waals surface area contributed by atoms with E-state index in [0.29, 0.717) is 0 Å². The third-order valence-corrected chi connectivity index (χ3v) is 5.29. The quantitative estimate of drug-likeness (QED) is 0.913. The van der Waals surface area contributed by atoms with Gasteiger partial charge in [-0.2, -0.15) is 11.8 Å². The number of nitrogens with zero attached hydrogens (tertiary/aromatic N) is 2. The fourth-order valence-corrected chi connectivity index (χ4v) is 4.35. The summed E-state index contributed by atoms with van der Waals surface area (Å²) in [6, 6.07) is 0.275. The van der Waals surface area contributed by atoms with E-state index in [1.807, 2.05) is 0 Å². The summed E-state index contributed by atoms with van der Waals surface area (Å²) in [7, 11) is 0. The first-order chi connectivity index (χ1) is 8.86. The Hall–Kier alpha value is -0.480. The highest BCUT2D eigenvalue weighted by atomic mass is 32.2. The monoisotopic (exact) mass is 266 g/mol. The van der Waals surface area contributed by atoms with Crippen molar-refractivity contribution < 1.29 is 5.11 Å². The van der Waals surface area contributed by atoms with Crippen LogP contribution in [0.25, 0.3) is 0 Å². The number of aromatic nitrogens is 2. The van der Waals surface area contributed by atoms with Crippen LogP contribution in [0.4, 0.5) is 0 Å². The Kier molecular flexibility index (Phi) is 3.94. The lowest BCUT2D eigenvalue weighted by Gasteiger charge is -2.22. The van der Waals surface area contributed by atoms with Crippen LogP contribution in [-0.2, 0) is 12.8 Å². The van der Waals surface area contributed by atoms with E-state index in [1.165, 1.54) is 42.3 Å². The van der Waals surface area contributed by atoms with Gasteiger partial charge in [-0.1, -0.05) is 0 Å². The molecule has 0 spiro atoms. The van der Waals surface area contributed by atoms with Gasteiger partial charge in [-0.05, 0) is 49.5 Å². The molecule has 0 radical (unpaired) electrons. The minimum Gasteiger partial charge on any atom is -0.394 e. The van der Waals surface area contributed by atoms with Crippen LogP contribution in [0.5, 0.6) is 0 Å². The third-order valence-electron chi connectivity index (χ3n) is 4.24. The van der Waals surface area contributed by atoms with Crippen molar-refractivity contribution in [2.75, 3.05) is 18.1 Å². The highest BCUT2D eigenvalue weighted by Crippen LogP contribution is 2.28. The van der Waals surface area contributed by atoms with Gasteiger partial charge in [-0.25, -0.2) is 4.98 Å². The van der Waals surface area contributed by atoms with Crippen LogP contribution >= 0.6 is 11.8 Å². The molecule has 0 aliphatic carbocycles. The standard InChI is InChI=1S/C14H22N2OS/c17-10-13-2-1-3-14-15-12(9-16(13)14)8-11-4-6-18-7-5-11/h9,11,13,17H,1-8,10H2. The molecule has 1 aromatic heterocycles. The molecule has 1 atom stereocenters. The molecule has 1 N–H and O–H groups in total. The molecule has 3 nitrogen and oxygen atoms in total. The van der Waals surface area contributed by atoms with Crippen LogP contribution < -0.4 is 0 Å². The number of aliphatic hydroxyl groups is 1. The number of thioether (sulfide) groups is 1. The van der Waals surface area contributed by atoms with Gasteiger partial charge < -0.3 is 9.67 Å². The van der Waals surface area contributed by atoms with Gasteiger partial charge in [0.1, 0.15) is 5.82 Å². The van der Waals surface area contributed by atoms with Crippen LogP contribution in [-0.4, -0.2) is 32.8 Å². The number of aryl methyl sites for hydroxylation is 1. The molecule has 3 heterocycles. The molecular formula is C14H22N2OS. The van der Waals surface area contributed by atoms with Gasteiger partial charge in [0.2, 0.25) is 0 Å². The molecular weight excluding hydrogens is 244 g/mol. The van der Waals surface area contributed by atoms with Gasteiger partial charge >= 0.3 is 0 Å². The second-order valence-corrected chi connectivity index (χ2v) is 6.77. The summed E-state index contributed by atoms with van der Waals surface area (Å²) in [5.41, 5.74) is 1.25. The summed E-state index contributed by atoms with van der Waals surface area (Å²) in [6.07, 6.45) is 9.38. The van der Waals surface area contributed by atoms with E-state index in [0.717, 1.165) is 25.2 Å². The van der Waals surface area contributed by atoms with Crippen molar-refractivity contribution >= 4 is 11.8 Å². The summed E-state index contributed by atoms with van der Waals surface area (Å²) in [5.74, 6) is 4.66. The van der Waals surface area contributed by atoms with Crippen molar-refractivity contribution in [3.8, 4) is 0 Å². The molecule has 3 rings (SSSR count). The maximum absolute atomic E-state index is 9.42. The average molecular weight is 266 g/mol. The normalized spacial score (nSPS) is 25.1. The smallest absolute Gasteiger partial charge is 0.109 e. The summed E-state index contributed by atoms with van der Waals surface area (Å²) in [6.45, 7) is 0.253. The maximum Gasteiger partial charge on any atom is 0.109 e. The number of hydrogen-bond donors (Lipinski definition) is 1. The molecule has 1 fully saturated rings. The Balaban J connectivity index is 1.71. The Morgan fingerprint density at radius 2 is 2.17 bits per heavy atom. The first-order valence-corrected chi connectivity index (χ1v) is 8.27. The van der Waals surface area contributed by atoms with Gasteiger partial charge in [0, 0.05) is 12.6 Å². The average Bonchev–Trinajstić information content (AvgIpc) is 2.82. The molecule has 2 aliphatic heterocycles. The maximum atomic E-state index is 9.42. The number of fused-ring (bicyclic) bond motifs is 1. The molecule has 2 aliphatic rings. The molecule has 1 unspecified atom stereocenters. The number of aliphatic hydroxyl groups excluding tert-OH is 1. The van der Waals surface area contributed by atoms with Crippen LogP contribution in [0, 0.1) is 5.92 Å². The van der Waals surface area contributed by atoms with Crippen LogP contribution in [0.2, 0.25) is 0 Å². The van der Waals surface area contributed by atoms with Crippen molar-refractivity contribution in [2.24, 2.45) is 5.92 Å². The summed E-state index contributed by atoms with van der Waals surface area (Å²) < 4.78 is 2.23. The lowest BCUT2D eigenvalue weighted by Crippen LogP contribution is -2.20. The summed E-state index contributed by atoms with van der Waals surface area (Å²) in [4.78, 5) is 4.79. The van der Waals surface area contributed by atoms with E-state index in [9.17, 15) is 5.11 Å². The fourth-order valence-electron chi connectivity index (χ4n) is 3.15. The Labute approximate surface area is 113 Å². The molecule has 4 heteroatoms. The van der Waals surface area contributed by atoms with Gasteiger partial charge in [0.05, 0.1) is 18.3 Å². The van der Waals surface area contributed by atoms with Crippen molar-refractivity contribution in [3.63, 3.8) is 0 Å². The van der Waals surface area contributed by atoms with Gasteiger partial charge in [0.15, 0.2) is 0 Å². The SMILES string of the molecule is OCC1CCCc2nc(CC3CCSCC3)cn21. The topological polar surface area (TPSA) is 38.1 Å². The van der Waals surface area contributed by atoms with Crippen LogP contribution in [0.15, 0.2) is 6.20 Å². The molecule has 1 aromatic rings. The van der Waals surface area contributed by atoms with Crippen molar-refractivity contribution in [2.45, 2.75) is 44.6 Å². The van der Waals surface area contributed by atoms with Gasteiger partial charge in [-0.3, -0.25) is 0 Å². The molecule has 0 amide bonds. The largest absolute Gasteiger partial charge is 0.394 e. The van der Waals surface area contributed by atoms with E-state index >= 15 is 0 Å². The van der Waals surface area contributed by atoms with E-state index in [2.05, 4.69) is 22.5 Å². The Morgan fingerprint density at radius 3 is 2.94 bits per heavy atom. The van der Waals surface area contributed by atoms with Gasteiger partial charge in [0.25, 0.3) is 0 Å². The number of rotatable bonds is 3. The zero-order chi connectivity index (χ0) is 12.4. The highest BCUT2D eigenvalue weighted by molar-refractivity contribution is 7.99. The minimum absolute atomic E-state index is 0.253.